The molecule has 3 unspecified atom stereocenters. The first kappa shape index (κ1) is 28.4. The lowest BCUT2D eigenvalue weighted by atomic mass is 9.66. The Kier molecular flexibility index (Phi) is 9.04. The highest BCUT2D eigenvalue weighted by Crippen LogP contribution is 2.69. The predicted molar refractivity (Wildman–Crippen MR) is 149 cm³/mol. The number of hydrogen-bond donors (Lipinski definition) is 1. The average molecular weight is 541 g/mol. The molecule has 0 aromatic heterocycles. The summed E-state index contributed by atoms with van der Waals surface area (Å²) in [5, 5.41) is 10.2. The van der Waals surface area contributed by atoms with Gasteiger partial charge < -0.3 is 19.6 Å². The van der Waals surface area contributed by atoms with Crippen LogP contribution in [0.5, 0.6) is 0 Å². The molecule has 3 aliphatic rings. The maximum atomic E-state index is 14.5. The molecule has 3 aliphatic heterocycles. The second-order valence-corrected chi connectivity index (χ2v) is 12.2. The summed E-state index contributed by atoms with van der Waals surface area (Å²) in [4.78, 5) is 45.4. The molecule has 7 nitrogen and oxygen atoms in total. The van der Waals surface area contributed by atoms with Gasteiger partial charge >= 0.3 is 5.97 Å². The second-order valence-electron chi connectivity index (χ2n) is 10.6. The Hall–Kier alpha value is -2.58. The highest BCUT2D eigenvalue weighted by Gasteiger charge is 2.77. The van der Waals surface area contributed by atoms with E-state index in [1.165, 1.54) is 0 Å². The van der Waals surface area contributed by atoms with E-state index in [-0.39, 0.29) is 42.2 Å². The van der Waals surface area contributed by atoms with Crippen LogP contribution < -0.4 is 0 Å². The van der Waals surface area contributed by atoms with E-state index in [1.54, 1.807) is 33.7 Å². The third-order valence-corrected chi connectivity index (χ3v) is 10.5. The summed E-state index contributed by atoms with van der Waals surface area (Å²) in [5.74, 6) is -1.91. The van der Waals surface area contributed by atoms with Gasteiger partial charge in [-0.1, -0.05) is 56.3 Å². The van der Waals surface area contributed by atoms with Gasteiger partial charge in [-0.3, -0.25) is 14.4 Å². The first-order valence-corrected chi connectivity index (χ1v) is 14.6. The fraction of sp³-hybridized carbons (Fsp3) is 0.567. The zero-order valence-electron chi connectivity index (χ0n) is 22.5. The average Bonchev–Trinajstić information content (AvgIpc) is 3.51. The van der Waals surface area contributed by atoms with Gasteiger partial charge in [-0.05, 0) is 37.2 Å². The Balaban J connectivity index is 1.72. The van der Waals surface area contributed by atoms with Gasteiger partial charge in [0.05, 0.1) is 35.8 Å². The number of allylic oxidation sites excluding steroid dienone is 1. The Morgan fingerprint density at radius 1 is 1.29 bits per heavy atom. The quantitative estimate of drug-likeness (QED) is 0.233. The molecule has 8 heteroatoms. The SMILES string of the molecule is C=CCCCOC(=O)[C@@H]1[C@H]2C(=O)N([C@@H](CC)CO)C(C(=O)N(CC=C)Cc3ccccc3)C23S[C@@H]1CC3C. The van der Waals surface area contributed by atoms with Crippen molar-refractivity contribution in [3.63, 3.8) is 0 Å². The number of aliphatic hydroxyl groups excluding tert-OH is 1. The van der Waals surface area contributed by atoms with Crippen LogP contribution in [0.4, 0.5) is 0 Å². The predicted octanol–water partition coefficient (Wildman–Crippen LogP) is 3.82. The summed E-state index contributed by atoms with van der Waals surface area (Å²) in [7, 11) is 0. The van der Waals surface area contributed by atoms with Gasteiger partial charge in [0.1, 0.15) is 6.04 Å². The molecule has 0 radical (unpaired) electrons. The van der Waals surface area contributed by atoms with Crippen LogP contribution in [0.25, 0.3) is 0 Å². The van der Waals surface area contributed by atoms with Gasteiger partial charge in [-0.25, -0.2) is 0 Å². The van der Waals surface area contributed by atoms with Crippen molar-refractivity contribution in [2.24, 2.45) is 17.8 Å². The number of unbranched alkanes of at least 4 members (excludes halogenated alkanes) is 1. The van der Waals surface area contributed by atoms with E-state index in [4.69, 9.17) is 4.74 Å². The van der Waals surface area contributed by atoms with Crippen LogP contribution in [0.15, 0.2) is 55.6 Å². The van der Waals surface area contributed by atoms with Crippen LogP contribution in [-0.2, 0) is 25.7 Å². The molecular weight excluding hydrogens is 500 g/mol. The molecule has 38 heavy (non-hydrogen) atoms. The van der Waals surface area contributed by atoms with E-state index in [0.717, 1.165) is 18.4 Å². The number of amides is 2. The highest BCUT2D eigenvalue weighted by atomic mass is 32.2. The molecule has 1 spiro atoms. The number of thioether (sulfide) groups is 1. The maximum Gasteiger partial charge on any atom is 0.310 e. The molecule has 2 amide bonds. The van der Waals surface area contributed by atoms with Crippen LogP contribution in [0.1, 0.15) is 45.1 Å². The summed E-state index contributed by atoms with van der Waals surface area (Å²) in [6.07, 6.45) is 6.18. The smallest absolute Gasteiger partial charge is 0.310 e. The van der Waals surface area contributed by atoms with Crippen LogP contribution >= 0.6 is 11.8 Å². The first-order valence-electron chi connectivity index (χ1n) is 13.7. The van der Waals surface area contributed by atoms with Crippen LogP contribution in [0.3, 0.4) is 0 Å². The van der Waals surface area contributed by atoms with Crippen LogP contribution in [0, 0.1) is 17.8 Å². The van der Waals surface area contributed by atoms with Gasteiger partial charge in [0, 0.05) is 18.3 Å². The van der Waals surface area contributed by atoms with Crippen LogP contribution in [0.2, 0.25) is 0 Å². The number of benzene rings is 1. The van der Waals surface area contributed by atoms with Crippen molar-refractivity contribution in [3.8, 4) is 0 Å². The van der Waals surface area contributed by atoms with Crippen molar-refractivity contribution in [3.05, 3.63) is 61.2 Å². The number of ether oxygens (including phenoxy) is 1. The van der Waals surface area contributed by atoms with Gasteiger partial charge in [-0.15, -0.1) is 24.9 Å². The van der Waals surface area contributed by atoms with Crippen molar-refractivity contribution in [2.75, 3.05) is 19.8 Å². The van der Waals surface area contributed by atoms with Crippen molar-refractivity contribution < 1.29 is 24.2 Å². The minimum Gasteiger partial charge on any atom is -0.465 e. The largest absolute Gasteiger partial charge is 0.465 e. The third kappa shape index (κ3) is 4.81. The summed E-state index contributed by atoms with van der Waals surface area (Å²) < 4.78 is 4.90. The van der Waals surface area contributed by atoms with Crippen molar-refractivity contribution in [1.82, 2.24) is 9.80 Å². The molecular formula is C30H40N2O5S. The number of nitrogens with zero attached hydrogens (tertiary/aromatic N) is 2. The third-order valence-electron chi connectivity index (χ3n) is 8.44. The lowest BCUT2D eigenvalue weighted by Crippen LogP contribution is -2.59. The molecule has 206 valence electrons. The molecule has 1 aromatic rings. The minimum atomic E-state index is -0.774. The monoisotopic (exact) mass is 540 g/mol. The Morgan fingerprint density at radius 2 is 2.03 bits per heavy atom. The number of carbonyl (C=O) groups is 3. The highest BCUT2D eigenvalue weighted by molar-refractivity contribution is 8.02. The molecule has 7 atom stereocenters. The van der Waals surface area contributed by atoms with Gasteiger partial charge in [0.15, 0.2) is 0 Å². The van der Waals surface area contributed by atoms with Crippen molar-refractivity contribution in [2.45, 2.75) is 68.2 Å². The van der Waals surface area contributed by atoms with Gasteiger partial charge in [0.25, 0.3) is 0 Å². The van der Waals surface area contributed by atoms with E-state index in [1.807, 2.05) is 37.3 Å². The number of rotatable bonds is 13. The lowest BCUT2D eigenvalue weighted by molar-refractivity contribution is -0.155. The first-order chi connectivity index (χ1) is 18.3. The number of esters is 1. The Morgan fingerprint density at radius 3 is 2.66 bits per heavy atom. The molecule has 3 saturated heterocycles. The van der Waals surface area contributed by atoms with E-state index in [2.05, 4.69) is 20.1 Å². The van der Waals surface area contributed by atoms with Gasteiger partial charge in [0.2, 0.25) is 11.8 Å². The molecule has 0 saturated carbocycles. The Bertz CT molecular complexity index is 1040. The van der Waals surface area contributed by atoms with E-state index in [9.17, 15) is 19.5 Å². The van der Waals surface area contributed by atoms with E-state index < -0.39 is 28.7 Å². The number of aliphatic hydroxyl groups is 1. The van der Waals surface area contributed by atoms with E-state index >= 15 is 0 Å². The van der Waals surface area contributed by atoms with Crippen molar-refractivity contribution in [1.29, 1.82) is 0 Å². The fourth-order valence-electron chi connectivity index (χ4n) is 6.68. The minimum absolute atomic E-state index is 0.0497. The Labute approximate surface area is 230 Å². The van der Waals surface area contributed by atoms with Crippen molar-refractivity contribution >= 4 is 29.5 Å². The van der Waals surface area contributed by atoms with Gasteiger partial charge in [-0.2, -0.15) is 0 Å². The lowest BCUT2D eigenvalue weighted by Gasteiger charge is -2.42. The summed E-state index contributed by atoms with van der Waals surface area (Å²) in [6, 6.07) is 8.48. The molecule has 3 fully saturated rings. The molecule has 1 aromatic carbocycles. The summed E-state index contributed by atoms with van der Waals surface area (Å²) in [5.41, 5.74) is 0.985. The number of fused-ring (bicyclic) bond motifs is 1. The zero-order valence-corrected chi connectivity index (χ0v) is 23.3. The number of carbonyl (C=O) groups excluding carboxylic acids is 3. The summed E-state index contributed by atoms with van der Waals surface area (Å²) in [6.45, 7) is 12.3. The van der Waals surface area contributed by atoms with E-state index in [0.29, 0.717) is 25.9 Å². The fourth-order valence-corrected chi connectivity index (χ4v) is 9.07. The zero-order chi connectivity index (χ0) is 27.4. The maximum absolute atomic E-state index is 14.5. The number of hydrogen-bond acceptors (Lipinski definition) is 6. The molecule has 3 heterocycles. The molecule has 4 rings (SSSR count). The second kappa shape index (κ2) is 12.1. The molecule has 2 bridgehead atoms. The number of likely N-dealkylation sites (tertiary alicyclic amines) is 1. The molecule has 1 N–H and O–H groups in total. The summed E-state index contributed by atoms with van der Waals surface area (Å²) >= 11 is 1.63. The molecule has 0 aliphatic carbocycles. The van der Waals surface area contributed by atoms with Crippen LogP contribution in [-0.4, -0.2) is 74.5 Å². The normalized spacial score (nSPS) is 30.1. The topological polar surface area (TPSA) is 87.1 Å². The standard InChI is InChI=1S/C30H40N2O5S/c1-5-8-12-16-37-29(36)24-23-17-20(4)30(38-23)25(24)27(34)32(22(7-3)19-33)26(30)28(35)31(15-6-2)18-21-13-10-9-11-14-21/h5-6,9-11,13-14,20,22-26,33H,1-2,7-8,12,15-19H2,3-4H3/t20?,22-,23+,24-,25-,26?,30?/m0/s1.